The van der Waals surface area contributed by atoms with Crippen LogP contribution in [0, 0.1) is 0 Å². The van der Waals surface area contributed by atoms with E-state index in [0.717, 1.165) is 0 Å². The van der Waals surface area contributed by atoms with Crippen molar-refractivity contribution in [2.75, 3.05) is 41.5 Å². The fourth-order valence-corrected chi connectivity index (χ4v) is 2.15. The molecule has 7 heteroatoms. The maximum absolute atomic E-state index is 12.7. The van der Waals surface area contributed by atoms with Crippen LogP contribution < -0.4 is 14.2 Å². The Morgan fingerprint density at radius 2 is 1.67 bits per heavy atom. The number of amides is 1. The summed E-state index contributed by atoms with van der Waals surface area (Å²) < 4.78 is 20.4. The molecule has 0 atom stereocenters. The zero-order valence-electron chi connectivity index (χ0n) is 14.5. The minimum atomic E-state index is -0.387. The van der Waals surface area contributed by atoms with Crippen LogP contribution in [0.2, 0.25) is 0 Å². The Morgan fingerprint density at radius 1 is 1.08 bits per heavy atom. The summed E-state index contributed by atoms with van der Waals surface area (Å²) >= 11 is 0. The van der Waals surface area contributed by atoms with E-state index in [9.17, 15) is 9.59 Å². The highest BCUT2D eigenvalue weighted by molar-refractivity contribution is 5.96. The predicted octanol–water partition coefficient (Wildman–Crippen LogP) is 1.90. The summed E-state index contributed by atoms with van der Waals surface area (Å²) in [6.45, 7) is 4.15. The van der Waals surface area contributed by atoms with E-state index < -0.39 is 0 Å². The van der Waals surface area contributed by atoms with Crippen LogP contribution >= 0.6 is 0 Å². The molecule has 0 N–H and O–H groups in total. The third-order valence-corrected chi connectivity index (χ3v) is 3.36. The molecule has 0 aliphatic heterocycles. The molecule has 1 rings (SSSR count). The Balaban J connectivity index is 3.13. The van der Waals surface area contributed by atoms with Gasteiger partial charge in [0.05, 0.1) is 34.9 Å². The number of hydrogen-bond donors (Lipinski definition) is 0. The number of benzene rings is 1. The van der Waals surface area contributed by atoms with Crippen molar-refractivity contribution in [3.8, 4) is 17.2 Å². The fraction of sp³-hybridized carbons (Fsp3) is 0.412. The molecule has 0 heterocycles. The van der Waals surface area contributed by atoms with Crippen LogP contribution in [0.25, 0.3) is 0 Å². The lowest BCUT2D eigenvalue weighted by Crippen LogP contribution is -2.33. The third-order valence-electron chi connectivity index (χ3n) is 3.36. The van der Waals surface area contributed by atoms with Gasteiger partial charge in [0, 0.05) is 18.7 Å². The van der Waals surface area contributed by atoms with Crippen LogP contribution in [0.1, 0.15) is 16.8 Å². The number of hydrogen-bond acceptors (Lipinski definition) is 6. The molecule has 132 valence electrons. The standard InChI is InChI=1S/C17H23NO6/c1-6-8-18(9-7-15(19)23-4)17(20)12-10-13(21-2)16(24-5)14(11-12)22-3/h6,10-11H,1,7-9H2,2-5H3. The van der Waals surface area contributed by atoms with Crippen LogP contribution in [0.5, 0.6) is 17.2 Å². The highest BCUT2D eigenvalue weighted by Gasteiger charge is 2.21. The summed E-state index contributed by atoms with van der Waals surface area (Å²) in [6.07, 6.45) is 1.69. The second-order valence-corrected chi connectivity index (χ2v) is 4.78. The van der Waals surface area contributed by atoms with Crippen molar-refractivity contribution in [3.05, 3.63) is 30.4 Å². The lowest BCUT2D eigenvalue weighted by atomic mass is 10.1. The Bertz CT molecular complexity index is 574. The number of carbonyl (C=O) groups is 2. The zero-order chi connectivity index (χ0) is 18.1. The van der Waals surface area contributed by atoms with E-state index in [2.05, 4.69) is 11.3 Å². The molecule has 0 saturated carbocycles. The van der Waals surface area contributed by atoms with Gasteiger partial charge in [-0.3, -0.25) is 9.59 Å². The van der Waals surface area contributed by atoms with E-state index in [1.807, 2.05) is 0 Å². The molecule has 0 spiro atoms. The second kappa shape index (κ2) is 9.44. The first-order chi connectivity index (χ1) is 11.5. The molecule has 0 unspecified atom stereocenters. The van der Waals surface area contributed by atoms with Gasteiger partial charge in [0.1, 0.15) is 0 Å². The average molecular weight is 337 g/mol. The molecule has 0 aliphatic rings. The SMILES string of the molecule is C=CCN(CCC(=O)OC)C(=O)c1cc(OC)c(OC)c(OC)c1. The van der Waals surface area contributed by atoms with Gasteiger partial charge < -0.3 is 23.8 Å². The third kappa shape index (κ3) is 4.65. The van der Waals surface area contributed by atoms with Gasteiger partial charge in [0.2, 0.25) is 5.75 Å². The molecule has 24 heavy (non-hydrogen) atoms. The van der Waals surface area contributed by atoms with Gasteiger partial charge in [0.25, 0.3) is 5.91 Å². The topological polar surface area (TPSA) is 74.3 Å². The van der Waals surface area contributed by atoms with Crippen LogP contribution in [-0.2, 0) is 9.53 Å². The first kappa shape index (κ1) is 19.3. The summed E-state index contributed by atoms with van der Waals surface area (Å²) in [6, 6.07) is 3.13. The summed E-state index contributed by atoms with van der Waals surface area (Å²) in [5.41, 5.74) is 0.358. The summed E-state index contributed by atoms with van der Waals surface area (Å²) in [7, 11) is 5.75. The monoisotopic (exact) mass is 337 g/mol. The minimum Gasteiger partial charge on any atom is -0.493 e. The maximum atomic E-state index is 12.7. The van der Waals surface area contributed by atoms with Gasteiger partial charge >= 0.3 is 5.97 Å². The molecule has 0 saturated heterocycles. The van der Waals surface area contributed by atoms with Crippen molar-refractivity contribution in [3.63, 3.8) is 0 Å². The highest BCUT2D eigenvalue weighted by Crippen LogP contribution is 2.38. The van der Waals surface area contributed by atoms with E-state index >= 15 is 0 Å². The van der Waals surface area contributed by atoms with Crippen molar-refractivity contribution < 1.29 is 28.5 Å². The molecule has 0 fully saturated rings. The van der Waals surface area contributed by atoms with Gasteiger partial charge in [-0.25, -0.2) is 0 Å². The Kier molecular flexibility index (Phi) is 7.61. The van der Waals surface area contributed by atoms with E-state index in [0.29, 0.717) is 29.4 Å². The number of methoxy groups -OCH3 is 4. The summed E-state index contributed by atoms with van der Waals surface area (Å²) in [5, 5.41) is 0. The molecular weight excluding hydrogens is 314 g/mol. The number of carbonyl (C=O) groups excluding carboxylic acids is 2. The molecular formula is C17H23NO6. The van der Waals surface area contributed by atoms with Crippen molar-refractivity contribution in [2.24, 2.45) is 0 Å². The van der Waals surface area contributed by atoms with Crippen LogP contribution in [-0.4, -0.2) is 58.3 Å². The number of nitrogens with zero attached hydrogens (tertiary/aromatic N) is 1. The molecule has 1 aromatic rings. The summed E-state index contributed by atoms with van der Waals surface area (Å²) in [5.74, 6) is 0.500. The van der Waals surface area contributed by atoms with Crippen LogP contribution in [0.3, 0.4) is 0 Å². The number of esters is 1. The quantitative estimate of drug-likeness (QED) is 0.506. The fourth-order valence-electron chi connectivity index (χ4n) is 2.15. The minimum absolute atomic E-state index is 0.0977. The van der Waals surface area contributed by atoms with E-state index in [1.54, 1.807) is 18.2 Å². The van der Waals surface area contributed by atoms with E-state index in [1.165, 1.54) is 33.3 Å². The van der Waals surface area contributed by atoms with Crippen molar-refractivity contribution in [2.45, 2.75) is 6.42 Å². The Hall–Kier alpha value is -2.70. The number of ether oxygens (including phenoxy) is 4. The van der Waals surface area contributed by atoms with Crippen molar-refractivity contribution >= 4 is 11.9 Å². The molecule has 0 aromatic heterocycles. The van der Waals surface area contributed by atoms with E-state index in [4.69, 9.17) is 14.2 Å². The molecule has 0 bridgehead atoms. The normalized spacial score (nSPS) is 9.83. The molecule has 0 aliphatic carbocycles. The summed E-state index contributed by atoms with van der Waals surface area (Å²) in [4.78, 5) is 25.6. The van der Waals surface area contributed by atoms with Gasteiger partial charge in [-0.1, -0.05) is 6.08 Å². The van der Waals surface area contributed by atoms with Gasteiger partial charge in [-0.05, 0) is 12.1 Å². The molecule has 1 amide bonds. The maximum Gasteiger partial charge on any atom is 0.307 e. The lowest BCUT2D eigenvalue weighted by Gasteiger charge is -2.22. The Labute approximate surface area is 141 Å². The van der Waals surface area contributed by atoms with Crippen molar-refractivity contribution in [1.29, 1.82) is 0 Å². The first-order valence-electron chi connectivity index (χ1n) is 7.29. The Morgan fingerprint density at radius 3 is 2.08 bits per heavy atom. The van der Waals surface area contributed by atoms with Gasteiger partial charge in [-0.15, -0.1) is 6.58 Å². The molecule has 0 radical (unpaired) electrons. The second-order valence-electron chi connectivity index (χ2n) is 4.78. The van der Waals surface area contributed by atoms with Crippen molar-refractivity contribution in [1.82, 2.24) is 4.90 Å². The zero-order valence-corrected chi connectivity index (χ0v) is 14.5. The average Bonchev–Trinajstić information content (AvgIpc) is 2.62. The van der Waals surface area contributed by atoms with Crippen LogP contribution in [0.15, 0.2) is 24.8 Å². The van der Waals surface area contributed by atoms with Gasteiger partial charge in [0.15, 0.2) is 11.5 Å². The molecule has 1 aromatic carbocycles. The predicted molar refractivity (Wildman–Crippen MR) is 88.8 cm³/mol. The smallest absolute Gasteiger partial charge is 0.307 e. The number of rotatable bonds is 9. The van der Waals surface area contributed by atoms with Gasteiger partial charge in [-0.2, -0.15) is 0 Å². The largest absolute Gasteiger partial charge is 0.493 e. The van der Waals surface area contributed by atoms with E-state index in [-0.39, 0.29) is 24.8 Å². The first-order valence-corrected chi connectivity index (χ1v) is 7.29. The van der Waals surface area contributed by atoms with Crippen LogP contribution in [0.4, 0.5) is 0 Å². The lowest BCUT2D eigenvalue weighted by molar-refractivity contribution is -0.140. The highest BCUT2D eigenvalue weighted by atomic mass is 16.5. The molecule has 7 nitrogen and oxygen atoms in total.